The summed E-state index contributed by atoms with van der Waals surface area (Å²) in [7, 11) is -1.28. The van der Waals surface area contributed by atoms with Crippen LogP contribution in [0.1, 0.15) is 0 Å². The van der Waals surface area contributed by atoms with Crippen molar-refractivity contribution in [2.24, 2.45) is 0 Å². The molecule has 6 aromatic rings. The summed E-state index contributed by atoms with van der Waals surface area (Å²) >= 11 is 0. The standard InChI is InChI=1S/C39H34P2S/c1-40(2)42(5,41(3)4)35-26-34(28-18-11-7-12-19-28)38-32-23-15-22-31-30(27-16-9-6-10-17-27)24-25-33(37(31)32)39(38)36(35)29-20-13-8-14-21-29/h6-26H,1,3H2,2,4-5H3/q+2. The fourth-order valence-electron chi connectivity index (χ4n) is 6.52. The third-order valence-corrected chi connectivity index (χ3v) is 25.8. The Morgan fingerprint density at radius 1 is 0.476 bits per heavy atom. The molecule has 1 aliphatic carbocycles. The van der Waals surface area contributed by atoms with Crippen molar-refractivity contribution in [3.8, 4) is 55.6 Å². The van der Waals surface area contributed by atoms with Crippen molar-refractivity contribution in [2.75, 3.05) is 19.6 Å². The van der Waals surface area contributed by atoms with Gasteiger partial charge in [0, 0.05) is 11.8 Å². The van der Waals surface area contributed by atoms with E-state index >= 15 is 0 Å². The number of hydrogen-bond donors (Lipinski definition) is 0. The molecule has 1 aliphatic rings. The molecule has 0 amide bonds. The zero-order valence-electron chi connectivity index (χ0n) is 24.3. The van der Waals surface area contributed by atoms with Crippen LogP contribution in [0.15, 0.2) is 132 Å². The Labute approximate surface area is 252 Å². The Kier molecular flexibility index (Phi) is 6.79. The summed E-state index contributed by atoms with van der Waals surface area (Å²) in [4.78, 5) is 1.46. The lowest BCUT2D eigenvalue weighted by Gasteiger charge is -2.27. The van der Waals surface area contributed by atoms with E-state index in [-0.39, 0.29) is 0 Å². The Morgan fingerprint density at radius 3 is 1.55 bits per heavy atom. The van der Waals surface area contributed by atoms with Gasteiger partial charge in [-0.05, 0) is 66.9 Å². The van der Waals surface area contributed by atoms with Gasteiger partial charge in [0.05, 0.1) is 17.5 Å². The molecule has 0 fully saturated rings. The molecular weight excluding hydrogens is 562 g/mol. The molecule has 0 spiro atoms. The summed E-state index contributed by atoms with van der Waals surface area (Å²) < 4.78 is 0. The van der Waals surface area contributed by atoms with E-state index in [9.17, 15) is 0 Å². The first-order valence-corrected chi connectivity index (χ1v) is 21.4. The molecule has 0 bridgehead atoms. The number of benzene rings is 6. The van der Waals surface area contributed by atoms with Crippen LogP contribution < -0.4 is 0 Å². The van der Waals surface area contributed by atoms with E-state index in [1.165, 1.54) is 71.3 Å². The molecule has 0 nitrogen and oxygen atoms in total. The van der Waals surface area contributed by atoms with Gasteiger partial charge in [-0.15, -0.1) is 0 Å². The summed E-state index contributed by atoms with van der Waals surface area (Å²) in [6.45, 7) is 3.73. The van der Waals surface area contributed by atoms with Crippen LogP contribution in [0.5, 0.6) is 0 Å². The number of fused-ring (bicyclic) bond motifs is 3. The first-order valence-electron chi connectivity index (χ1n) is 14.2. The fraction of sp³-hybridized carbons (Fsp3) is 0.0769. The largest absolute Gasteiger partial charge is 0.174 e. The van der Waals surface area contributed by atoms with Crippen molar-refractivity contribution in [1.29, 1.82) is 0 Å². The second-order valence-corrected chi connectivity index (χ2v) is 24.7. The molecule has 0 aromatic heterocycles. The Hall–Kier alpha value is -3.73. The number of rotatable bonds is 6. The summed E-state index contributed by atoms with van der Waals surface area (Å²) in [6.07, 6.45) is 12.0. The van der Waals surface area contributed by atoms with Crippen LogP contribution in [0.4, 0.5) is 0 Å². The third-order valence-electron chi connectivity index (χ3n) is 8.73. The second kappa shape index (κ2) is 10.5. The Balaban J connectivity index is 1.69. The van der Waals surface area contributed by atoms with Crippen LogP contribution in [0, 0.1) is 0 Å². The smallest absolute Gasteiger partial charge is 0.0622 e. The van der Waals surface area contributed by atoms with E-state index in [2.05, 4.69) is 147 Å². The summed E-state index contributed by atoms with van der Waals surface area (Å²) in [5.41, 5.74) is 13.2. The molecule has 0 N–H and O–H groups in total. The molecular formula is C39H34P2S+2. The average molecular weight is 597 g/mol. The quantitative estimate of drug-likeness (QED) is 0.168. The van der Waals surface area contributed by atoms with Crippen molar-refractivity contribution in [1.82, 2.24) is 0 Å². The van der Waals surface area contributed by atoms with Gasteiger partial charge in [-0.25, -0.2) is 0 Å². The lowest BCUT2D eigenvalue weighted by Crippen LogP contribution is -1.99. The average Bonchev–Trinajstić information content (AvgIpc) is 3.37. The van der Waals surface area contributed by atoms with Crippen LogP contribution in [0.3, 0.4) is 0 Å². The van der Waals surface area contributed by atoms with Crippen molar-refractivity contribution in [3.63, 3.8) is 0 Å². The maximum Gasteiger partial charge on any atom is 0.174 e. The lowest BCUT2D eigenvalue weighted by atomic mass is 9.87. The van der Waals surface area contributed by atoms with E-state index in [1.807, 2.05) is 0 Å². The summed E-state index contributed by atoms with van der Waals surface area (Å²) in [5.74, 6) is 0. The zero-order valence-corrected chi connectivity index (χ0v) is 26.9. The highest BCUT2D eigenvalue weighted by Crippen LogP contribution is 2.85. The normalized spacial score (nSPS) is 14.6. The first-order chi connectivity index (χ1) is 20.4. The van der Waals surface area contributed by atoms with Crippen LogP contribution in [-0.2, 0) is 0 Å². The van der Waals surface area contributed by atoms with Crippen LogP contribution in [0.2, 0.25) is 0 Å². The SMILES string of the molecule is C=[P+](C)S(C)(c1cc(-c2ccccc2)c2c(c1-c1ccccc1)-c1ccc(-c3ccccc3)c3cccc-2c13)[P+](=C)C. The predicted molar refractivity (Wildman–Crippen MR) is 196 cm³/mol. The monoisotopic (exact) mass is 596 g/mol. The molecule has 7 rings (SSSR count). The van der Waals surface area contributed by atoms with Crippen LogP contribution in [0.25, 0.3) is 66.4 Å². The zero-order chi connectivity index (χ0) is 29.0. The highest BCUT2D eigenvalue weighted by atomic mass is 33.1. The van der Waals surface area contributed by atoms with Crippen molar-refractivity contribution >= 4 is 46.1 Å². The van der Waals surface area contributed by atoms with Gasteiger partial charge in [-0.2, -0.15) is 0 Å². The van der Waals surface area contributed by atoms with Gasteiger partial charge >= 0.3 is 0 Å². The van der Waals surface area contributed by atoms with Gasteiger partial charge in [-0.1, -0.05) is 121 Å². The summed E-state index contributed by atoms with van der Waals surface area (Å²) in [5, 5.41) is 2.67. The van der Waals surface area contributed by atoms with Gasteiger partial charge in [0.15, 0.2) is 13.5 Å². The lowest BCUT2D eigenvalue weighted by molar-refractivity contribution is 1.44. The van der Waals surface area contributed by atoms with Gasteiger partial charge in [0.2, 0.25) is 0 Å². The highest BCUT2D eigenvalue weighted by Gasteiger charge is 2.45. The Bertz CT molecular complexity index is 2010. The molecule has 2 atom stereocenters. The van der Waals surface area contributed by atoms with Crippen molar-refractivity contribution in [2.45, 2.75) is 4.90 Å². The van der Waals surface area contributed by atoms with Crippen LogP contribution in [-0.4, -0.2) is 32.2 Å². The Morgan fingerprint density at radius 2 is 0.976 bits per heavy atom. The molecule has 0 saturated heterocycles. The van der Waals surface area contributed by atoms with Crippen molar-refractivity contribution in [3.05, 3.63) is 127 Å². The molecule has 204 valence electrons. The van der Waals surface area contributed by atoms with E-state index < -0.39 is 22.8 Å². The molecule has 0 saturated carbocycles. The minimum absolute atomic E-state index is 0.495. The molecule has 2 unspecified atom stereocenters. The number of hydrogen-bond acceptors (Lipinski definition) is 0. The molecule has 0 aliphatic heterocycles. The minimum Gasteiger partial charge on any atom is -0.0622 e. The van der Waals surface area contributed by atoms with Gasteiger partial charge in [0.25, 0.3) is 0 Å². The van der Waals surface area contributed by atoms with E-state index in [0.29, 0.717) is 0 Å². The van der Waals surface area contributed by atoms with Gasteiger partial charge in [0.1, 0.15) is 22.6 Å². The molecule has 6 aromatic carbocycles. The molecule has 42 heavy (non-hydrogen) atoms. The van der Waals surface area contributed by atoms with E-state index in [4.69, 9.17) is 12.6 Å². The maximum atomic E-state index is 4.74. The van der Waals surface area contributed by atoms with Gasteiger partial charge in [-0.3, -0.25) is 0 Å². The fourth-order valence-corrected chi connectivity index (χ4v) is 17.2. The topological polar surface area (TPSA) is 0 Å². The molecule has 0 heterocycles. The molecule has 3 heteroatoms. The maximum absolute atomic E-state index is 4.74. The van der Waals surface area contributed by atoms with E-state index in [0.717, 1.165) is 0 Å². The minimum atomic E-state index is -1.28. The van der Waals surface area contributed by atoms with Crippen molar-refractivity contribution < 1.29 is 0 Å². The molecule has 0 radical (unpaired) electrons. The predicted octanol–water partition coefficient (Wildman–Crippen LogP) is 12.2. The second-order valence-electron chi connectivity index (χ2n) is 11.1. The first kappa shape index (κ1) is 27.1. The highest BCUT2D eigenvalue weighted by molar-refractivity contribution is 9.02. The van der Waals surface area contributed by atoms with E-state index in [1.54, 1.807) is 0 Å². The van der Waals surface area contributed by atoms with Gasteiger partial charge < -0.3 is 0 Å². The summed E-state index contributed by atoms with van der Waals surface area (Å²) in [6, 6.07) is 47.0. The third kappa shape index (κ3) is 4.07. The van der Waals surface area contributed by atoms with Crippen LogP contribution >= 0.6 is 22.8 Å².